The summed E-state index contributed by atoms with van der Waals surface area (Å²) in [7, 11) is 0. The second-order valence-electron chi connectivity index (χ2n) is 7.81. The minimum absolute atomic E-state index is 0.0173. The number of urea groups is 1. The van der Waals surface area contributed by atoms with Crippen LogP contribution in [0.15, 0.2) is 12.4 Å². The van der Waals surface area contributed by atoms with Crippen LogP contribution in [-0.4, -0.2) is 39.4 Å². The third kappa shape index (κ3) is 4.70. The smallest absolute Gasteiger partial charge is 0.315 e. The third-order valence-corrected chi connectivity index (χ3v) is 4.42. The van der Waals surface area contributed by atoms with Crippen molar-refractivity contribution in [1.82, 2.24) is 20.2 Å². The van der Waals surface area contributed by atoms with Gasteiger partial charge in [0.1, 0.15) is 5.82 Å². The maximum atomic E-state index is 12.2. The fourth-order valence-corrected chi connectivity index (χ4v) is 3.26. The van der Waals surface area contributed by atoms with Crippen LogP contribution in [0.2, 0.25) is 0 Å². The molecule has 2 unspecified atom stereocenters. The molecule has 0 aromatic carbocycles. The topological polar surface area (TPSA) is 68.2 Å². The number of rotatable bonds is 5. The highest BCUT2D eigenvalue weighted by Crippen LogP contribution is 2.37. The van der Waals surface area contributed by atoms with E-state index in [1.54, 1.807) is 6.20 Å². The van der Waals surface area contributed by atoms with Gasteiger partial charge in [0.2, 0.25) is 0 Å². The highest BCUT2D eigenvalue weighted by molar-refractivity contribution is 5.74. The number of amides is 2. The molecule has 0 radical (unpaired) electrons. The van der Waals surface area contributed by atoms with Crippen molar-refractivity contribution in [2.24, 2.45) is 5.92 Å². The van der Waals surface area contributed by atoms with Gasteiger partial charge in [-0.3, -0.25) is 0 Å². The molecule has 130 valence electrons. The van der Waals surface area contributed by atoms with E-state index in [1.807, 2.05) is 27.0 Å². The molecule has 2 amide bonds. The molecule has 0 aliphatic carbocycles. The summed E-state index contributed by atoms with van der Waals surface area (Å²) in [5.41, 5.74) is -0.548. The summed E-state index contributed by atoms with van der Waals surface area (Å²) >= 11 is 0. The molecule has 0 spiro atoms. The van der Waals surface area contributed by atoms with Crippen molar-refractivity contribution in [3.8, 4) is 0 Å². The van der Waals surface area contributed by atoms with E-state index < -0.39 is 0 Å². The van der Waals surface area contributed by atoms with Crippen LogP contribution in [-0.2, 0) is 11.3 Å². The number of nitrogens with one attached hydrogen (secondary N) is 2. The van der Waals surface area contributed by atoms with Gasteiger partial charge in [-0.25, -0.2) is 9.78 Å². The second kappa shape index (κ2) is 6.51. The number of aromatic nitrogens is 2. The van der Waals surface area contributed by atoms with Gasteiger partial charge >= 0.3 is 6.03 Å². The van der Waals surface area contributed by atoms with Gasteiger partial charge in [0.25, 0.3) is 0 Å². The van der Waals surface area contributed by atoms with Crippen LogP contribution in [0, 0.1) is 12.8 Å². The summed E-state index contributed by atoms with van der Waals surface area (Å²) in [5.74, 6) is 1.33. The molecule has 2 rings (SSSR count). The SMILES string of the molecule is Cc1nccn1CC(C)CNC(=O)NC1CC(C)(C)OC1(C)C. The first kappa shape index (κ1) is 17.8. The lowest BCUT2D eigenvalue weighted by molar-refractivity contribution is -0.0690. The lowest BCUT2D eigenvalue weighted by atomic mass is 9.95. The van der Waals surface area contributed by atoms with Crippen molar-refractivity contribution >= 4 is 6.03 Å². The van der Waals surface area contributed by atoms with Gasteiger partial charge in [0.15, 0.2) is 0 Å². The summed E-state index contributed by atoms with van der Waals surface area (Å²) in [6.45, 7) is 13.7. The van der Waals surface area contributed by atoms with Crippen LogP contribution < -0.4 is 10.6 Å². The second-order valence-corrected chi connectivity index (χ2v) is 7.81. The van der Waals surface area contributed by atoms with Gasteiger partial charge < -0.3 is 19.9 Å². The van der Waals surface area contributed by atoms with E-state index in [0.29, 0.717) is 12.5 Å². The van der Waals surface area contributed by atoms with E-state index in [9.17, 15) is 4.79 Å². The molecular formula is C17H30N4O2. The van der Waals surface area contributed by atoms with Crippen LogP contribution in [0.3, 0.4) is 0 Å². The Bertz CT molecular complexity index is 551. The molecule has 1 aliphatic heterocycles. The predicted molar refractivity (Wildman–Crippen MR) is 90.3 cm³/mol. The fraction of sp³-hybridized carbons (Fsp3) is 0.765. The molecule has 2 atom stereocenters. The molecule has 1 saturated heterocycles. The number of carbonyl (C=O) groups excluding carboxylic acids is 1. The van der Waals surface area contributed by atoms with Crippen molar-refractivity contribution in [2.45, 2.75) is 71.8 Å². The highest BCUT2D eigenvalue weighted by Gasteiger charge is 2.46. The molecule has 1 aromatic heterocycles. The fourth-order valence-electron chi connectivity index (χ4n) is 3.26. The number of aryl methyl sites for hydroxylation is 1. The Hall–Kier alpha value is -1.56. The van der Waals surface area contributed by atoms with Crippen molar-refractivity contribution in [1.29, 1.82) is 0 Å². The van der Waals surface area contributed by atoms with Gasteiger partial charge in [0, 0.05) is 25.5 Å². The first-order valence-corrected chi connectivity index (χ1v) is 8.31. The molecule has 1 aromatic rings. The number of nitrogens with zero attached hydrogens (tertiary/aromatic N) is 2. The van der Waals surface area contributed by atoms with Crippen molar-refractivity contribution < 1.29 is 9.53 Å². The minimum atomic E-state index is -0.347. The zero-order valence-electron chi connectivity index (χ0n) is 15.1. The molecule has 0 saturated carbocycles. The molecule has 1 fully saturated rings. The normalized spacial score (nSPS) is 23.5. The van der Waals surface area contributed by atoms with Crippen molar-refractivity contribution in [3.05, 3.63) is 18.2 Å². The zero-order chi connectivity index (χ0) is 17.3. The van der Waals surface area contributed by atoms with Gasteiger partial charge in [-0.1, -0.05) is 6.92 Å². The Balaban J connectivity index is 1.78. The van der Waals surface area contributed by atoms with E-state index in [1.165, 1.54) is 0 Å². The summed E-state index contributed by atoms with van der Waals surface area (Å²) in [5, 5.41) is 6.02. The Morgan fingerprint density at radius 1 is 1.48 bits per heavy atom. The first-order chi connectivity index (χ1) is 10.6. The molecule has 0 bridgehead atoms. The highest BCUT2D eigenvalue weighted by atomic mass is 16.5. The summed E-state index contributed by atoms with van der Waals surface area (Å²) in [6.07, 6.45) is 4.58. The van der Waals surface area contributed by atoms with Crippen LogP contribution in [0.4, 0.5) is 4.79 Å². The quantitative estimate of drug-likeness (QED) is 0.875. The van der Waals surface area contributed by atoms with Gasteiger partial charge in [0.05, 0.1) is 17.2 Å². The zero-order valence-corrected chi connectivity index (χ0v) is 15.1. The van der Waals surface area contributed by atoms with Crippen LogP contribution in [0.1, 0.15) is 46.9 Å². The van der Waals surface area contributed by atoms with Crippen molar-refractivity contribution in [2.75, 3.05) is 6.54 Å². The average molecular weight is 322 g/mol. The monoisotopic (exact) mass is 322 g/mol. The number of imidazole rings is 1. The number of hydrogen-bond donors (Lipinski definition) is 2. The van der Waals surface area contributed by atoms with E-state index in [0.717, 1.165) is 18.8 Å². The van der Waals surface area contributed by atoms with Gasteiger partial charge in [-0.05, 0) is 47.0 Å². The van der Waals surface area contributed by atoms with Gasteiger partial charge in [-0.15, -0.1) is 0 Å². The number of hydrogen-bond acceptors (Lipinski definition) is 3. The molecule has 23 heavy (non-hydrogen) atoms. The third-order valence-electron chi connectivity index (χ3n) is 4.42. The Kier molecular flexibility index (Phi) is 5.04. The minimum Gasteiger partial charge on any atom is -0.367 e. The maximum absolute atomic E-state index is 12.2. The van der Waals surface area contributed by atoms with Gasteiger partial charge in [-0.2, -0.15) is 0 Å². The van der Waals surface area contributed by atoms with Crippen LogP contribution in [0.5, 0.6) is 0 Å². The molecule has 2 N–H and O–H groups in total. The molecule has 2 heterocycles. The molecule has 1 aliphatic rings. The Labute approximate surface area is 139 Å². The van der Waals surface area contributed by atoms with Crippen molar-refractivity contribution in [3.63, 3.8) is 0 Å². The Morgan fingerprint density at radius 3 is 2.70 bits per heavy atom. The number of carbonyl (C=O) groups is 1. The lowest BCUT2D eigenvalue weighted by Gasteiger charge is -2.28. The van der Waals surface area contributed by atoms with Crippen LogP contribution >= 0.6 is 0 Å². The average Bonchev–Trinajstić information content (AvgIpc) is 2.88. The molecule has 6 nitrogen and oxygen atoms in total. The summed E-state index contributed by atoms with van der Waals surface area (Å²) in [4.78, 5) is 16.4. The van der Waals surface area contributed by atoms with E-state index >= 15 is 0 Å². The van der Waals surface area contributed by atoms with Crippen LogP contribution in [0.25, 0.3) is 0 Å². The Morgan fingerprint density at radius 2 is 2.17 bits per heavy atom. The summed E-state index contributed by atoms with van der Waals surface area (Å²) in [6, 6.07) is -0.109. The lowest BCUT2D eigenvalue weighted by Crippen LogP contribution is -2.50. The number of ether oxygens (including phenoxy) is 1. The predicted octanol–water partition coefficient (Wildman–Crippen LogP) is 2.47. The standard InChI is InChI=1S/C17H30N4O2/c1-12(11-21-8-7-18-13(21)2)10-19-15(22)20-14-9-16(3,4)23-17(14,5)6/h7-8,12,14H,9-11H2,1-6H3,(H2,19,20,22). The largest absolute Gasteiger partial charge is 0.367 e. The maximum Gasteiger partial charge on any atom is 0.315 e. The molecular weight excluding hydrogens is 292 g/mol. The van der Waals surface area contributed by atoms with E-state index in [-0.39, 0.29) is 23.3 Å². The van der Waals surface area contributed by atoms with E-state index in [2.05, 4.69) is 41.0 Å². The summed E-state index contributed by atoms with van der Waals surface area (Å²) < 4.78 is 8.10. The van der Waals surface area contributed by atoms with E-state index in [4.69, 9.17) is 4.74 Å². The first-order valence-electron chi connectivity index (χ1n) is 8.31. The molecule has 6 heteroatoms.